The summed E-state index contributed by atoms with van der Waals surface area (Å²) in [5.41, 5.74) is 0.943. The molecule has 1 heterocycles. The summed E-state index contributed by atoms with van der Waals surface area (Å²) >= 11 is 0. The maximum atomic E-state index is 12.8. The van der Waals surface area contributed by atoms with Crippen LogP contribution < -0.4 is 5.32 Å². The monoisotopic (exact) mass is 306 g/mol. The van der Waals surface area contributed by atoms with E-state index in [2.05, 4.69) is 5.32 Å². The molecule has 1 aliphatic rings. The lowest BCUT2D eigenvalue weighted by atomic mass is 10.1. The molecule has 22 heavy (non-hydrogen) atoms. The third-order valence-electron chi connectivity index (χ3n) is 4.00. The molecule has 0 aliphatic carbocycles. The zero-order valence-electron chi connectivity index (χ0n) is 13.1. The lowest BCUT2D eigenvalue weighted by Crippen LogP contribution is -2.34. The zero-order valence-corrected chi connectivity index (χ0v) is 13.1. The van der Waals surface area contributed by atoms with Gasteiger partial charge in [-0.1, -0.05) is 12.1 Å². The Labute approximate surface area is 130 Å². The molecule has 0 radical (unpaired) electrons. The number of likely N-dealkylation sites (tertiary alicyclic amines) is 1. The molecule has 4 nitrogen and oxygen atoms in total. The molecule has 0 saturated carbocycles. The van der Waals surface area contributed by atoms with Gasteiger partial charge in [0.15, 0.2) is 0 Å². The minimum atomic E-state index is -0.270. The van der Waals surface area contributed by atoms with Gasteiger partial charge in [-0.05, 0) is 38.0 Å². The normalized spacial score (nSPS) is 18.1. The second-order valence-corrected chi connectivity index (χ2v) is 6.14. The second-order valence-electron chi connectivity index (χ2n) is 6.14. The average Bonchev–Trinajstić information content (AvgIpc) is 2.86. The van der Waals surface area contributed by atoms with Crippen molar-refractivity contribution < 1.29 is 14.0 Å². The van der Waals surface area contributed by atoms with Crippen molar-refractivity contribution in [3.05, 3.63) is 35.6 Å². The van der Waals surface area contributed by atoms with Crippen LogP contribution in [0.2, 0.25) is 0 Å². The number of rotatable bonds is 6. The predicted molar refractivity (Wildman–Crippen MR) is 82.7 cm³/mol. The molecule has 1 N–H and O–H groups in total. The number of aryl methyl sites for hydroxylation is 1. The van der Waals surface area contributed by atoms with Gasteiger partial charge >= 0.3 is 0 Å². The van der Waals surface area contributed by atoms with E-state index in [1.54, 1.807) is 12.1 Å². The average molecular weight is 306 g/mol. The summed E-state index contributed by atoms with van der Waals surface area (Å²) in [7, 11) is 0. The number of carbonyl (C=O) groups is 2. The van der Waals surface area contributed by atoms with Crippen molar-refractivity contribution in [2.75, 3.05) is 13.1 Å². The van der Waals surface area contributed by atoms with Crippen LogP contribution in [-0.4, -0.2) is 35.8 Å². The number of halogens is 1. The first-order valence-corrected chi connectivity index (χ1v) is 7.76. The second kappa shape index (κ2) is 7.38. The Balaban J connectivity index is 1.70. The summed E-state index contributed by atoms with van der Waals surface area (Å²) < 4.78 is 12.8. The molecule has 5 heteroatoms. The molecule has 0 bridgehead atoms. The van der Waals surface area contributed by atoms with Crippen LogP contribution in [0.5, 0.6) is 0 Å². The van der Waals surface area contributed by atoms with E-state index in [0.29, 0.717) is 25.8 Å². The molecule has 0 aromatic heterocycles. The van der Waals surface area contributed by atoms with Gasteiger partial charge < -0.3 is 10.2 Å². The molecule has 2 amide bonds. The van der Waals surface area contributed by atoms with E-state index in [1.807, 2.05) is 18.7 Å². The van der Waals surface area contributed by atoms with Gasteiger partial charge in [-0.3, -0.25) is 9.59 Å². The van der Waals surface area contributed by atoms with Crippen molar-refractivity contribution in [3.8, 4) is 0 Å². The summed E-state index contributed by atoms with van der Waals surface area (Å²) in [5.74, 6) is 0.0683. The summed E-state index contributed by atoms with van der Waals surface area (Å²) in [5, 5.41) is 2.89. The van der Waals surface area contributed by atoms with Crippen LogP contribution in [0, 0.1) is 11.7 Å². The van der Waals surface area contributed by atoms with E-state index in [1.165, 1.54) is 12.1 Å². The smallest absolute Gasteiger partial charge is 0.223 e. The van der Waals surface area contributed by atoms with Crippen molar-refractivity contribution >= 4 is 11.8 Å². The van der Waals surface area contributed by atoms with Crippen LogP contribution >= 0.6 is 0 Å². The third-order valence-corrected chi connectivity index (χ3v) is 4.00. The SMILES string of the molecule is CC(C)N1CC(CNC(=O)CCc2ccc(F)cc2)CC1=O. The standard InChI is InChI=1S/C17H23FN2O2/c1-12(2)20-11-14(9-17(20)22)10-19-16(21)8-5-13-3-6-15(18)7-4-13/h3-4,6-7,12,14H,5,8-11H2,1-2H3,(H,19,21). The summed E-state index contributed by atoms with van der Waals surface area (Å²) in [6.45, 7) is 5.26. The molecule has 1 fully saturated rings. The lowest BCUT2D eigenvalue weighted by molar-refractivity contribution is -0.129. The molecular weight excluding hydrogens is 283 g/mol. The Hall–Kier alpha value is -1.91. The molecule has 1 aromatic carbocycles. The molecule has 0 spiro atoms. The van der Waals surface area contributed by atoms with Gasteiger partial charge in [0.1, 0.15) is 5.82 Å². The molecule has 1 aromatic rings. The number of carbonyl (C=O) groups excluding carboxylic acids is 2. The largest absolute Gasteiger partial charge is 0.356 e. The van der Waals surface area contributed by atoms with Gasteiger partial charge in [-0.25, -0.2) is 4.39 Å². The predicted octanol–water partition coefficient (Wildman–Crippen LogP) is 2.13. The van der Waals surface area contributed by atoms with E-state index in [9.17, 15) is 14.0 Å². The fraction of sp³-hybridized carbons (Fsp3) is 0.529. The summed E-state index contributed by atoms with van der Waals surface area (Å²) in [6, 6.07) is 6.40. The molecule has 120 valence electrons. The first kappa shape index (κ1) is 16.5. The van der Waals surface area contributed by atoms with Crippen LogP contribution in [0.15, 0.2) is 24.3 Å². The zero-order chi connectivity index (χ0) is 16.1. The van der Waals surface area contributed by atoms with E-state index < -0.39 is 0 Å². The third kappa shape index (κ3) is 4.55. The Bertz CT molecular complexity index is 528. The van der Waals surface area contributed by atoms with Gasteiger partial charge in [0.05, 0.1) is 0 Å². The maximum absolute atomic E-state index is 12.8. The number of hydrogen-bond acceptors (Lipinski definition) is 2. The highest BCUT2D eigenvalue weighted by molar-refractivity contribution is 5.79. The molecular formula is C17H23FN2O2. The highest BCUT2D eigenvalue weighted by atomic mass is 19.1. The highest BCUT2D eigenvalue weighted by Crippen LogP contribution is 2.19. The molecule has 2 rings (SSSR count). The van der Waals surface area contributed by atoms with Crippen molar-refractivity contribution in [1.82, 2.24) is 10.2 Å². The number of nitrogens with one attached hydrogen (secondary N) is 1. The van der Waals surface area contributed by atoms with Gasteiger partial charge in [-0.15, -0.1) is 0 Å². The van der Waals surface area contributed by atoms with Crippen LogP contribution in [0.1, 0.15) is 32.3 Å². The van der Waals surface area contributed by atoms with Gasteiger partial charge in [0, 0.05) is 37.9 Å². The van der Waals surface area contributed by atoms with E-state index >= 15 is 0 Å². The Morgan fingerprint density at radius 1 is 1.36 bits per heavy atom. The number of nitrogens with zero attached hydrogens (tertiary/aromatic N) is 1. The van der Waals surface area contributed by atoms with Crippen molar-refractivity contribution in [3.63, 3.8) is 0 Å². The number of benzene rings is 1. The number of amides is 2. The van der Waals surface area contributed by atoms with E-state index in [-0.39, 0.29) is 29.6 Å². The lowest BCUT2D eigenvalue weighted by Gasteiger charge is -2.21. The van der Waals surface area contributed by atoms with Gasteiger partial charge in [-0.2, -0.15) is 0 Å². The van der Waals surface area contributed by atoms with Gasteiger partial charge in [0.25, 0.3) is 0 Å². The Morgan fingerprint density at radius 3 is 2.64 bits per heavy atom. The van der Waals surface area contributed by atoms with Crippen molar-refractivity contribution in [1.29, 1.82) is 0 Å². The van der Waals surface area contributed by atoms with Crippen LogP contribution in [0.3, 0.4) is 0 Å². The Kier molecular flexibility index (Phi) is 5.52. The van der Waals surface area contributed by atoms with Gasteiger partial charge in [0.2, 0.25) is 11.8 Å². The molecule has 1 atom stereocenters. The van der Waals surface area contributed by atoms with Crippen LogP contribution in [-0.2, 0) is 16.0 Å². The van der Waals surface area contributed by atoms with Crippen molar-refractivity contribution in [2.24, 2.45) is 5.92 Å². The fourth-order valence-electron chi connectivity index (χ4n) is 2.70. The van der Waals surface area contributed by atoms with Crippen LogP contribution in [0.25, 0.3) is 0 Å². The van der Waals surface area contributed by atoms with E-state index in [0.717, 1.165) is 12.1 Å². The minimum Gasteiger partial charge on any atom is -0.356 e. The van der Waals surface area contributed by atoms with E-state index in [4.69, 9.17) is 0 Å². The minimum absolute atomic E-state index is 0.0280. The molecule has 1 unspecified atom stereocenters. The first-order chi connectivity index (χ1) is 10.5. The molecule has 1 saturated heterocycles. The highest BCUT2D eigenvalue weighted by Gasteiger charge is 2.30. The van der Waals surface area contributed by atoms with Crippen molar-refractivity contribution in [2.45, 2.75) is 39.2 Å². The summed E-state index contributed by atoms with van der Waals surface area (Å²) in [6.07, 6.45) is 1.48. The quantitative estimate of drug-likeness (QED) is 0.875. The first-order valence-electron chi connectivity index (χ1n) is 7.76. The number of hydrogen-bond donors (Lipinski definition) is 1. The van der Waals surface area contributed by atoms with Crippen LogP contribution in [0.4, 0.5) is 4.39 Å². The summed E-state index contributed by atoms with van der Waals surface area (Å²) in [4.78, 5) is 25.5. The molecule has 1 aliphatic heterocycles. The fourth-order valence-corrected chi connectivity index (χ4v) is 2.70. The maximum Gasteiger partial charge on any atom is 0.223 e. The topological polar surface area (TPSA) is 49.4 Å². The Morgan fingerprint density at radius 2 is 2.05 bits per heavy atom.